The highest BCUT2D eigenvalue weighted by atomic mass is 19.1. The second-order valence-electron chi connectivity index (χ2n) is 15.8. The molecule has 1 aliphatic carbocycles. The molecule has 2 aromatic carbocycles. The molecule has 0 spiro atoms. The minimum absolute atomic E-state index is 0.00686. The monoisotopic (exact) mass is 700 g/mol. The molecule has 13 heteroatoms. The number of benzene rings is 2. The molecule has 2 bridgehead atoms. The van der Waals surface area contributed by atoms with Crippen LogP contribution in [0.25, 0.3) is 32.9 Å². The van der Waals surface area contributed by atoms with Gasteiger partial charge in [-0.2, -0.15) is 15.1 Å². The summed E-state index contributed by atoms with van der Waals surface area (Å²) in [5.41, 5.74) is 2.98. The smallest absolute Gasteiger partial charge is 0.410 e. The first-order chi connectivity index (χ1) is 24.5. The van der Waals surface area contributed by atoms with Crippen LogP contribution in [0.5, 0.6) is 11.8 Å². The van der Waals surface area contributed by atoms with E-state index in [1.165, 1.54) is 6.07 Å². The van der Waals surface area contributed by atoms with E-state index in [9.17, 15) is 9.90 Å². The van der Waals surface area contributed by atoms with E-state index < -0.39 is 5.60 Å². The quantitative estimate of drug-likeness (QED) is 0.231. The van der Waals surface area contributed by atoms with E-state index in [1.54, 1.807) is 17.8 Å². The second-order valence-corrected chi connectivity index (χ2v) is 15.8. The van der Waals surface area contributed by atoms with Gasteiger partial charge in [-0.15, -0.1) is 0 Å². The van der Waals surface area contributed by atoms with Gasteiger partial charge < -0.3 is 33.9 Å². The summed E-state index contributed by atoms with van der Waals surface area (Å²) in [5.74, 6) is 0.466. The first-order valence-corrected chi connectivity index (χ1v) is 18.4. The number of fused-ring (bicyclic) bond motifs is 4. The number of amides is 1. The number of carbonyl (C=O) groups is 1. The highest BCUT2D eigenvalue weighted by Gasteiger charge is 2.48. The SMILES string of the molecule is Cc1c(F)cc2c(cnn2C2CCCCO2)c1-c1c(C2CC2)cc2c(N3C[C@@H]4C[C@H]3CN4C(=O)OC(C)(C)C)nc(O[C@@H]3CCOC3)nc2c1O. The molecular formula is C38H45FN6O6. The lowest BCUT2D eigenvalue weighted by molar-refractivity contribution is -0.0366. The van der Waals surface area contributed by atoms with Gasteiger partial charge in [0.15, 0.2) is 6.23 Å². The molecular weight excluding hydrogens is 655 g/mol. The van der Waals surface area contributed by atoms with Crippen LogP contribution < -0.4 is 9.64 Å². The minimum Gasteiger partial charge on any atom is -0.505 e. The van der Waals surface area contributed by atoms with E-state index in [0.29, 0.717) is 78.3 Å². The Hall–Kier alpha value is -4.23. The van der Waals surface area contributed by atoms with Crippen LogP contribution >= 0.6 is 0 Å². The van der Waals surface area contributed by atoms with Crippen molar-refractivity contribution in [3.63, 3.8) is 0 Å². The fraction of sp³-hybridized carbons (Fsp3) is 0.579. The summed E-state index contributed by atoms with van der Waals surface area (Å²) in [4.78, 5) is 27.0. The third kappa shape index (κ3) is 5.72. The van der Waals surface area contributed by atoms with Crippen molar-refractivity contribution in [3.05, 3.63) is 35.3 Å². The number of rotatable bonds is 6. The standard InChI is InChI=1S/C38H45FN6O6/c1-20-28(39)15-29-27(16-40-45(29)30-7-5-6-11-49-30)31(20)32-25(21-8-9-21)14-26-33(34(32)46)41-36(50-24-10-12-48-19-24)42-35(26)43-17-23-13-22(43)18-44(23)37(47)51-38(2,3)4/h14-16,21-24,30,46H,5-13,17-19H2,1-4H3/t22-,23-,24+,30?/m0/s1. The number of ether oxygens (including phenoxy) is 4. The molecule has 5 aliphatic rings. The summed E-state index contributed by atoms with van der Waals surface area (Å²) in [6, 6.07) is 3.76. The number of hydrogen-bond donors (Lipinski definition) is 1. The molecule has 9 rings (SSSR count). The predicted octanol–water partition coefficient (Wildman–Crippen LogP) is 6.74. The number of halogens is 1. The molecule has 1 unspecified atom stereocenters. The zero-order valence-corrected chi connectivity index (χ0v) is 29.7. The third-order valence-electron chi connectivity index (χ3n) is 11.1. The summed E-state index contributed by atoms with van der Waals surface area (Å²) in [5, 5.41) is 18.6. The highest BCUT2D eigenvalue weighted by Crippen LogP contribution is 2.53. The number of carbonyl (C=O) groups excluding carboxylic acids is 1. The Kier molecular flexibility index (Phi) is 7.80. The Morgan fingerprint density at radius 1 is 1.02 bits per heavy atom. The Morgan fingerprint density at radius 3 is 2.55 bits per heavy atom. The van der Waals surface area contributed by atoms with E-state index in [-0.39, 0.29) is 54.0 Å². The molecule has 4 atom stereocenters. The van der Waals surface area contributed by atoms with Crippen molar-refractivity contribution in [1.82, 2.24) is 24.6 Å². The molecule has 1 amide bonds. The van der Waals surface area contributed by atoms with Gasteiger partial charge in [0.25, 0.3) is 0 Å². The van der Waals surface area contributed by atoms with Crippen molar-refractivity contribution in [2.45, 2.75) is 109 Å². The number of hydrogen-bond acceptors (Lipinski definition) is 10. The average molecular weight is 701 g/mol. The van der Waals surface area contributed by atoms with Crippen LogP contribution in [0.3, 0.4) is 0 Å². The first kappa shape index (κ1) is 32.7. The third-order valence-corrected chi connectivity index (χ3v) is 11.1. The summed E-state index contributed by atoms with van der Waals surface area (Å²) < 4.78 is 41.4. The van der Waals surface area contributed by atoms with Gasteiger partial charge in [-0.25, -0.2) is 13.9 Å². The molecule has 270 valence electrons. The van der Waals surface area contributed by atoms with Crippen LogP contribution in [0.1, 0.15) is 89.0 Å². The van der Waals surface area contributed by atoms with Gasteiger partial charge in [0.2, 0.25) is 0 Å². The number of likely N-dealkylation sites (tertiary alicyclic amines) is 1. The van der Waals surface area contributed by atoms with Gasteiger partial charge in [0, 0.05) is 54.1 Å². The Morgan fingerprint density at radius 2 is 1.86 bits per heavy atom. The number of phenols is 1. The van der Waals surface area contributed by atoms with Gasteiger partial charge in [-0.1, -0.05) is 0 Å². The number of aromatic hydroxyl groups is 1. The maximum absolute atomic E-state index is 16.0. The molecule has 12 nitrogen and oxygen atoms in total. The van der Waals surface area contributed by atoms with Gasteiger partial charge >= 0.3 is 12.1 Å². The zero-order valence-electron chi connectivity index (χ0n) is 29.7. The van der Waals surface area contributed by atoms with Gasteiger partial charge in [0.05, 0.1) is 37.0 Å². The Bertz CT molecular complexity index is 2030. The fourth-order valence-electron chi connectivity index (χ4n) is 8.44. The van der Waals surface area contributed by atoms with Crippen LogP contribution in [0.2, 0.25) is 0 Å². The number of nitrogens with zero attached hydrogens (tertiary/aromatic N) is 6. The predicted molar refractivity (Wildman–Crippen MR) is 188 cm³/mol. The van der Waals surface area contributed by atoms with Crippen molar-refractivity contribution in [1.29, 1.82) is 0 Å². The Balaban J connectivity index is 1.19. The molecule has 1 saturated carbocycles. The summed E-state index contributed by atoms with van der Waals surface area (Å²) in [7, 11) is 0. The minimum atomic E-state index is -0.583. The molecule has 51 heavy (non-hydrogen) atoms. The lowest BCUT2D eigenvalue weighted by atomic mass is 9.88. The van der Waals surface area contributed by atoms with Crippen molar-refractivity contribution in [2.75, 3.05) is 37.8 Å². The van der Waals surface area contributed by atoms with Crippen LogP contribution in [-0.4, -0.2) is 92.5 Å². The van der Waals surface area contributed by atoms with Crippen molar-refractivity contribution in [2.24, 2.45) is 0 Å². The number of anilines is 1. The van der Waals surface area contributed by atoms with Crippen molar-refractivity contribution in [3.8, 4) is 22.9 Å². The summed E-state index contributed by atoms with van der Waals surface area (Å²) in [6.45, 7) is 10.1. The largest absolute Gasteiger partial charge is 0.505 e. The van der Waals surface area contributed by atoms with Crippen molar-refractivity contribution >= 4 is 33.7 Å². The maximum Gasteiger partial charge on any atom is 0.410 e. The average Bonchev–Trinajstić information content (AvgIpc) is 3.42. The molecule has 4 aliphatic heterocycles. The van der Waals surface area contributed by atoms with Crippen molar-refractivity contribution < 1.29 is 33.2 Å². The molecule has 2 aromatic heterocycles. The fourth-order valence-corrected chi connectivity index (χ4v) is 8.44. The normalized spacial score (nSPS) is 25.0. The van der Waals surface area contributed by atoms with Gasteiger partial charge in [-0.05, 0) is 89.3 Å². The molecule has 1 N–H and O–H groups in total. The van der Waals surface area contributed by atoms with E-state index in [1.807, 2.05) is 25.7 Å². The van der Waals surface area contributed by atoms with Crippen LogP contribution in [0.15, 0.2) is 18.3 Å². The van der Waals surface area contributed by atoms with Crippen LogP contribution in [0.4, 0.5) is 15.0 Å². The summed E-state index contributed by atoms with van der Waals surface area (Å²) in [6.07, 6.45) is 7.22. The zero-order chi connectivity index (χ0) is 35.2. The van der Waals surface area contributed by atoms with E-state index in [4.69, 9.17) is 34.0 Å². The number of piperazine rings is 1. The summed E-state index contributed by atoms with van der Waals surface area (Å²) >= 11 is 0. The molecule has 0 radical (unpaired) electrons. The van der Waals surface area contributed by atoms with Crippen LogP contribution in [0, 0.1) is 12.7 Å². The maximum atomic E-state index is 16.0. The lowest BCUT2D eigenvalue weighted by Crippen LogP contribution is -2.50. The highest BCUT2D eigenvalue weighted by molar-refractivity contribution is 6.06. The lowest BCUT2D eigenvalue weighted by Gasteiger charge is -2.36. The van der Waals surface area contributed by atoms with E-state index in [0.717, 1.165) is 49.5 Å². The topological polar surface area (TPSA) is 124 Å². The molecule has 5 fully saturated rings. The Labute approximate surface area is 295 Å². The van der Waals surface area contributed by atoms with Gasteiger partial charge in [0.1, 0.15) is 34.6 Å². The van der Waals surface area contributed by atoms with Gasteiger partial charge in [-0.3, -0.25) is 0 Å². The van der Waals surface area contributed by atoms with E-state index in [2.05, 4.69) is 11.0 Å². The number of aromatic nitrogens is 4. The molecule has 4 aromatic rings. The first-order valence-electron chi connectivity index (χ1n) is 18.4. The number of phenolic OH excluding ortho intramolecular Hbond substituents is 1. The molecule has 6 heterocycles. The molecule has 4 saturated heterocycles. The second kappa shape index (κ2) is 12.2. The van der Waals surface area contributed by atoms with Crippen LogP contribution in [-0.2, 0) is 14.2 Å². The van der Waals surface area contributed by atoms with E-state index >= 15 is 4.39 Å².